The van der Waals surface area contributed by atoms with E-state index in [2.05, 4.69) is 12.2 Å². The molecule has 2 rings (SSSR count). The van der Waals surface area contributed by atoms with Crippen LogP contribution in [0.1, 0.15) is 19.8 Å². The molecule has 1 N–H and O–H groups in total. The van der Waals surface area contributed by atoms with Crippen LogP contribution in [0, 0.1) is 0 Å². The van der Waals surface area contributed by atoms with Gasteiger partial charge in [-0.2, -0.15) is 0 Å². The number of para-hydroxylation sites is 1. The molecule has 2 amide bonds. The van der Waals surface area contributed by atoms with E-state index in [1.165, 1.54) is 0 Å². The average Bonchev–Trinajstić information content (AvgIpc) is 2.51. The molecule has 1 aromatic rings. The van der Waals surface area contributed by atoms with E-state index in [-0.39, 0.29) is 24.7 Å². The number of benzene rings is 1. The van der Waals surface area contributed by atoms with Crippen molar-refractivity contribution >= 4 is 29.3 Å². The van der Waals surface area contributed by atoms with Gasteiger partial charge in [-0.1, -0.05) is 19.1 Å². The molecule has 5 nitrogen and oxygen atoms in total. The zero-order valence-electron chi connectivity index (χ0n) is 14.0. The number of rotatable bonds is 6. The standard InChI is InChI=1S/C17H25N3O2S/c1-13-12-20(14-6-4-5-7-15(14)23-13)17(22)9-8-16(21)18-10-11-19(2)3/h4-7,13H,8-12H2,1-3H3,(H,18,21)/t13-/m0/s1. The lowest BCUT2D eigenvalue weighted by atomic mass is 10.2. The molecule has 0 spiro atoms. The van der Waals surface area contributed by atoms with Crippen LogP contribution in [0.4, 0.5) is 5.69 Å². The molecule has 0 saturated heterocycles. The minimum Gasteiger partial charge on any atom is -0.355 e. The van der Waals surface area contributed by atoms with E-state index in [4.69, 9.17) is 0 Å². The van der Waals surface area contributed by atoms with Gasteiger partial charge in [0.15, 0.2) is 0 Å². The Kier molecular flexibility index (Phi) is 6.47. The van der Waals surface area contributed by atoms with Crippen LogP contribution in [0.3, 0.4) is 0 Å². The Hall–Kier alpha value is -1.53. The molecular formula is C17H25N3O2S. The smallest absolute Gasteiger partial charge is 0.227 e. The molecule has 23 heavy (non-hydrogen) atoms. The highest BCUT2D eigenvalue weighted by Gasteiger charge is 2.26. The minimum atomic E-state index is -0.0621. The van der Waals surface area contributed by atoms with Crippen LogP contribution >= 0.6 is 11.8 Å². The third kappa shape index (κ3) is 5.25. The number of hydrogen-bond acceptors (Lipinski definition) is 4. The van der Waals surface area contributed by atoms with Crippen LogP contribution in [-0.4, -0.2) is 55.7 Å². The van der Waals surface area contributed by atoms with Crippen LogP contribution in [0.5, 0.6) is 0 Å². The van der Waals surface area contributed by atoms with Crippen LogP contribution in [0.25, 0.3) is 0 Å². The summed E-state index contributed by atoms with van der Waals surface area (Å²) in [5, 5.41) is 3.21. The highest BCUT2D eigenvalue weighted by molar-refractivity contribution is 8.00. The highest BCUT2D eigenvalue weighted by Crippen LogP contribution is 2.38. The fourth-order valence-corrected chi connectivity index (χ4v) is 3.60. The molecule has 0 aromatic heterocycles. The third-order valence-corrected chi connectivity index (χ3v) is 4.82. The lowest BCUT2D eigenvalue weighted by Crippen LogP contribution is -2.39. The second-order valence-corrected chi connectivity index (χ2v) is 7.53. The van der Waals surface area contributed by atoms with Crippen molar-refractivity contribution in [1.82, 2.24) is 10.2 Å². The summed E-state index contributed by atoms with van der Waals surface area (Å²) < 4.78 is 0. The summed E-state index contributed by atoms with van der Waals surface area (Å²) in [7, 11) is 3.92. The summed E-state index contributed by atoms with van der Waals surface area (Å²) in [5.41, 5.74) is 0.966. The van der Waals surface area contributed by atoms with Crippen molar-refractivity contribution < 1.29 is 9.59 Å². The van der Waals surface area contributed by atoms with E-state index in [0.717, 1.165) is 17.1 Å². The van der Waals surface area contributed by atoms with Gasteiger partial charge in [-0.15, -0.1) is 11.8 Å². The predicted molar refractivity (Wildman–Crippen MR) is 94.9 cm³/mol. The second-order valence-electron chi connectivity index (χ2n) is 6.05. The van der Waals surface area contributed by atoms with Crippen molar-refractivity contribution in [2.75, 3.05) is 38.6 Å². The van der Waals surface area contributed by atoms with Gasteiger partial charge in [0.05, 0.1) is 5.69 Å². The van der Waals surface area contributed by atoms with Crippen molar-refractivity contribution in [3.63, 3.8) is 0 Å². The summed E-state index contributed by atoms with van der Waals surface area (Å²) in [6.07, 6.45) is 0.492. The van der Waals surface area contributed by atoms with Crippen LogP contribution < -0.4 is 10.2 Å². The number of thioether (sulfide) groups is 1. The number of nitrogens with zero attached hydrogens (tertiary/aromatic N) is 2. The largest absolute Gasteiger partial charge is 0.355 e. The van der Waals surface area contributed by atoms with Crippen molar-refractivity contribution in [1.29, 1.82) is 0 Å². The molecule has 1 aliphatic heterocycles. The molecule has 1 heterocycles. The highest BCUT2D eigenvalue weighted by atomic mass is 32.2. The lowest BCUT2D eigenvalue weighted by molar-refractivity contribution is -0.125. The second kappa shape index (κ2) is 8.36. The number of hydrogen-bond donors (Lipinski definition) is 1. The van der Waals surface area contributed by atoms with Gasteiger partial charge in [-0.25, -0.2) is 0 Å². The number of likely N-dealkylation sites (N-methyl/N-ethyl adjacent to an activating group) is 1. The van der Waals surface area contributed by atoms with Crippen LogP contribution in [0.15, 0.2) is 29.2 Å². The first-order chi connectivity index (χ1) is 11.0. The maximum atomic E-state index is 12.5. The first-order valence-corrected chi connectivity index (χ1v) is 8.83. The number of nitrogens with one attached hydrogen (secondary N) is 1. The van der Waals surface area contributed by atoms with Gasteiger partial charge in [0, 0.05) is 42.6 Å². The van der Waals surface area contributed by atoms with Gasteiger partial charge in [0.2, 0.25) is 11.8 Å². The predicted octanol–water partition coefficient (Wildman–Crippen LogP) is 1.97. The van der Waals surface area contributed by atoms with E-state index in [1.807, 2.05) is 48.2 Å². The van der Waals surface area contributed by atoms with Gasteiger partial charge in [-0.05, 0) is 26.2 Å². The molecule has 0 bridgehead atoms. The number of anilines is 1. The van der Waals surface area contributed by atoms with Crippen LogP contribution in [0.2, 0.25) is 0 Å². The molecule has 0 aliphatic carbocycles. The Morgan fingerprint density at radius 3 is 2.78 bits per heavy atom. The molecule has 0 saturated carbocycles. The average molecular weight is 335 g/mol. The molecule has 0 unspecified atom stereocenters. The zero-order valence-corrected chi connectivity index (χ0v) is 14.9. The van der Waals surface area contributed by atoms with Crippen molar-refractivity contribution in [2.45, 2.75) is 29.9 Å². The Labute approximate surface area is 142 Å². The molecule has 1 aliphatic rings. The fourth-order valence-electron chi connectivity index (χ4n) is 2.49. The minimum absolute atomic E-state index is 0.0207. The summed E-state index contributed by atoms with van der Waals surface area (Å²) in [4.78, 5) is 29.3. The quantitative estimate of drug-likeness (QED) is 0.864. The molecule has 0 fully saturated rings. The van der Waals surface area contributed by atoms with Gasteiger partial charge >= 0.3 is 0 Å². The van der Waals surface area contributed by atoms with Gasteiger partial charge in [0.25, 0.3) is 0 Å². The third-order valence-electron chi connectivity index (χ3n) is 3.67. The topological polar surface area (TPSA) is 52.7 Å². The summed E-state index contributed by atoms with van der Waals surface area (Å²) >= 11 is 1.79. The van der Waals surface area contributed by atoms with Crippen LogP contribution in [-0.2, 0) is 9.59 Å². The number of fused-ring (bicyclic) bond motifs is 1. The molecular weight excluding hydrogens is 310 g/mol. The Balaban J connectivity index is 1.87. The first-order valence-electron chi connectivity index (χ1n) is 7.95. The van der Waals surface area contributed by atoms with E-state index >= 15 is 0 Å². The van der Waals surface area contributed by atoms with E-state index in [9.17, 15) is 9.59 Å². The SMILES string of the molecule is C[C@H]1CN(C(=O)CCC(=O)NCCN(C)C)c2ccccc2S1. The molecule has 6 heteroatoms. The molecule has 126 valence electrons. The van der Waals surface area contributed by atoms with Crippen molar-refractivity contribution in [3.05, 3.63) is 24.3 Å². The fraction of sp³-hybridized carbons (Fsp3) is 0.529. The van der Waals surface area contributed by atoms with Gasteiger partial charge in [-0.3, -0.25) is 9.59 Å². The number of amides is 2. The van der Waals surface area contributed by atoms with E-state index in [0.29, 0.717) is 18.3 Å². The van der Waals surface area contributed by atoms with E-state index in [1.54, 1.807) is 11.8 Å². The molecule has 0 radical (unpaired) electrons. The summed E-state index contributed by atoms with van der Waals surface area (Å²) in [6, 6.07) is 7.96. The Morgan fingerprint density at radius 2 is 2.04 bits per heavy atom. The molecule has 1 aromatic carbocycles. The van der Waals surface area contributed by atoms with Crippen molar-refractivity contribution in [2.24, 2.45) is 0 Å². The summed E-state index contributed by atoms with van der Waals surface area (Å²) in [5.74, 6) is -0.0414. The van der Waals surface area contributed by atoms with Gasteiger partial charge < -0.3 is 15.1 Å². The van der Waals surface area contributed by atoms with Gasteiger partial charge in [0.1, 0.15) is 0 Å². The number of carbonyl (C=O) groups is 2. The number of carbonyl (C=O) groups excluding carboxylic acids is 2. The zero-order chi connectivity index (χ0) is 16.8. The maximum Gasteiger partial charge on any atom is 0.227 e. The first kappa shape index (κ1) is 17.8. The van der Waals surface area contributed by atoms with Crippen molar-refractivity contribution in [3.8, 4) is 0 Å². The van der Waals surface area contributed by atoms with E-state index < -0.39 is 0 Å². The molecule has 1 atom stereocenters. The maximum absolute atomic E-state index is 12.5. The normalized spacial score (nSPS) is 17.0. The Bertz CT molecular complexity index is 563. The lowest BCUT2D eigenvalue weighted by Gasteiger charge is -2.32. The Morgan fingerprint density at radius 1 is 1.30 bits per heavy atom. The monoisotopic (exact) mass is 335 g/mol. The summed E-state index contributed by atoms with van der Waals surface area (Å²) in [6.45, 7) is 4.23.